The van der Waals surface area contributed by atoms with Crippen LogP contribution in [0.5, 0.6) is 5.75 Å². The van der Waals surface area contributed by atoms with Gasteiger partial charge in [-0.1, -0.05) is 29.5 Å². The third-order valence-electron chi connectivity index (χ3n) is 3.73. The molecule has 0 bridgehead atoms. The minimum absolute atomic E-state index is 0.220. The van der Waals surface area contributed by atoms with E-state index in [-0.39, 0.29) is 12.0 Å². The molecule has 118 valence electrons. The molecule has 1 unspecified atom stereocenters. The van der Waals surface area contributed by atoms with Gasteiger partial charge in [-0.2, -0.15) is 0 Å². The fourth-order valence-electron chi connectivity index (χ4n) is 2.40. The standard InChI is InChI=1S/C20H19FO2/c1-15-5-7-16(8-6-15)9-10-17-11-12-19(18(21)14-17)23-20-4-2-3-13-22-20/h5-8,11-12,14,20H,2-4,13H2,1H3. The van der Waals surface area contributed by atoms with Crippen LogP contribution in [0, 0.1) is 24.6 Å². The molecule has 0 aliphatic carbocycles. The largest absolute Gasteiger partial charge is 0.462 e. The first-order valence-electron chi connectivity index (χ1n) is 7.87. The summed E-state index contributed by atoms with van der Waals surface area (Å²) >= 11 is 0. The van der Waals surface area contributed by atoms with Crippen molar-refractivity contribution in [3.05, 3.63) is 65.0 Å². The molecule has 1 saturated heterocycles. The Morgan fingerprint density at radius 3 is 2.48 bits per heavy atom. The van der Waals surface area contributed by atoms with Gasteiger partial charge in [-0.3, -0.25) is 0 Å². The highest BCUT2D eigenvalue weighted by molar-refractivity contribution is 5.45. The van der Waals surface area contributed by atoms with E-state index < -0.39 is 5.82 Å². The second-order valence-electron chi connectivity index (χ2n) is 5.68. The van der Waals surface area contributed by atoms with Gasteiger partial charge in [0.25, 0.3) is 0 Å². The summed E-state index contributed by atoms with van der Waals surface area (Å²) in [7, 11) is 0. The molecule has 1 heterocycles. The quantitative estimate of drug-likeness (QED) is 0.764. The van der Waals surface area contributed by atoms with E-state index in [0.29, 0.717) is 12.2 Å². The Labute approximate surface area is 136 Å². The Morgan fingerprint density at radius 1 is 1.04 bits per heavy atom. The van der Waals surface area contributed by atoms with Crippen LogP contribution in [0.25, 0.3) is 0 Å². The number of hydrogen-bond donors (Lipinski definition) is 0. The second kappa shape index (κ2) is 7.30. The first kappa shape index (κ1) is 15.6. The summed E-state index contributed by atoms with van der Waals surface area (Å²) in [6.45, 7) is 2.70. The maximum Gasteiger partial charge on any atom is 0.199 e. The molecule has 2 aromatic rings. The summed E-state index contributed by atoms with van der Waals surface area (Å²) in [5, 5.41) is 0. The molecule has 1 fully saturated rings. The van der Waals surface area contributed by atoms with Crippen molar-refractivity contribution in [2.75, 3.05) is 6.61 Å². The lowest BCUT2D eigenvalue weighted by Crippen LogP contribution is -2.25. The Balaban J connectivity index is 1.70. The van der Waals surface area contributed by atoms with Gasteiger partial charge in [0.05, 0.1) is 6.61 Å². The summed E-state index contributed by atoms with van der Waals surface area (Å²) in [6, 6.07) is 12.7. The van der Waals surface area contributed by atoms with Crippen LogP contribution in [0.15, 0.2) is 42.5 Å². The van der Waals surface area contributed by atoms with Crippen LogP contribution < -0.4 is 4.74 Å². The van der Waals surface area contributed by atoms with Gasteiger partial charge >= 0.3 is 0 Å². The molecule has 0 saturated carbocycles. The average Bonchev–Trinajstić information content (AvgIpc) is 2.57. The van der Waals surface area contributed by atoms with Crippen molar-refractivity contribution in [3.63, 3.8) is 0 Å². The maximum absolute atomic E-state index is 14.1. The molecule has 0 N–H and O–H groups in total. The van der Waals surface area contributed by atoms with Crippen LogP contribution in [0.4, 0.5) is 4.39 Å². The molecule has 0 radical (unpaired) electrons. The SMILES string of the molecule is Cc1ccc(C#Cc2ccc(OC3CCCCO3)c(F)c2)cc1. The number of hydrogen-bond acceptors (Lipinski definition) is 2. The van der Waals surface area contributed by atoms with Crippen LogP contribution in [0.2, 0.25) is 0 Å². The van der Waals surface area contributed by atoms with Gasteiger partial charge in [0.2, 0.25) is 0 Å². The van der Waals surface area contributed by atoms with Gasteiger partial charge in [0, 0.05) is 17.5 Å². The molecular formula is C20H19FO2. The monoisotopic (exact) mass is 310 g/mol. The molecule has 23 heavy (non-hydrogen) atoms. The zero-order valence-electron chi connectivity index (χ0n) is 13.1. The Hall–Kier alpha value is -2.31. The van der Waals surface area contributed by atoms with E-state index in [1.54, 1.807) is 12.1 Å². The van der Waals surface area contributed by atoms with Crippen molar-refractivity contribution in [1.29, 1.82) is 0 Å². The third-order valence-corrected chi connectivity index (χ3v) is 3.73. The predicted molar refractivity (Wildman–Crippen MR) is 87.8 cm³/mol. The third kappa shape index (κ3) is 4.34. The van der Waals surface area contributed by atoms with Gasteiger partial charge in [-0.05, 0) is 50.1 Å². The summed E-state index contributed by atoms with van der Waals surface area (Å²) in [4.78, 5) is 0. The predicted octanol–water partition coefficient (Wildman–Crippen LogP) is 4.44. The van der Waals surface area contributed by atoms with Crippen molar-refractivity contribution >= 4 is 0 Å². The number of benzene rings is 2. The Kier molecular flexibility index (Phi) is 4.95. The lowest BCUT2D eigenvalue weighted by Gasteiger charge is -2.23. The highest BCUT2D eigenvalue weighted by Crippen LogP contribution is 2.23. The number of halogens is 1. The van der Waals surface area contributed by atoms with Crippen molar-refractivity contribution in [1.82, 2.24) is 0 Å². The highest BCUT2D eigenvalue weighted by atomic mass is 19.1. The van der Waals surface area contributed by atoms with E-state index >= 15 is 0 Å². The van der Waals surface area contributed by atoms with Gasteiger partial charge in [-0.25, -0.2) is 4.39 Å². The lowest BCUT2D eigenvalue weighted by molar-refractivity contribution is -0.107. The van der Waals surface area contributed by atoms with Gasteiger partial charge < -0.3 is 9.47 Å². The van der Waals surface area contributed by atoms with Crippen molar-refractivity contribution in [2.24, 2.45) is 0 Å². The zero-order valence-corrected chi connectivity index (χ0v) is 13.1. The minimum atomic E-state index is -0.408. The Morgan fingerprint density at radius 2 is 1.78 bits per heavy atom. The summed E-state index contributed by atoms with van der Waals surface area (Å²) in [5.41, 5.74) is 2.72. The van der Waals surface area contributed by atoms with Gasteiger partial charge in [-0.15, -0.1) is 0 Å². The van der Waals surface area contributed by atoms with Crippen LogP contribution in [0.1, 0.15) is 36.0 Å². The molecule has 1 aliphatic heterocycles. The molecule has 1 aliphatic rings. The van der Waals surface area contributed by atoms with Gasteiger partial charge in [0.15, 0.2) is 17.9 Å². The van der Waals surface area contributed by atoms with E-state index in [2.05, 4.69) is 11.8 Å². The highest BCUT2D eigenvalue weighted by Gasteiger charge is 2.17. The maximum atomic E-state index is 14.1. The second-order valence-corrected chi connectivity index (χ2v) is 5.68. The van der Waals surface area contributed by atoms with E-state index in [9.17, 15) is 4.39 Å². The van der Waals surface area contributed by atoms with Crippen LogP contribution in [0.3, 0.4) is 0 Å². The molecular weight excluding hydrogens is 291 g/mol. The number of rotatable bonds is 2. The van der Waals surface area contributed by atoms with Crippen LogP contribution >= 0.6 is 0 Å². The molecule has 0 spiro atoms. The first-order valence-corrected chi connectivity index (χ1v) is 7.87. The average molecular weight is 310 g/mol. The molecule has 0 amide bonds. The normalized spacial score (nSPS) is 17.2. The summed E-state index contributed by atoms with van der Waals surface area (Å²) < 4.78 is 25.2. The lowest BCUT2D eigenvalue weighted by atomic mass is 10.1. The van der Waals surface area contributed by atoms with Crippen molar-refractivity contribution in [2.45, 2.75) is 32.5 Å². The number of ether oxygens (including phenoxy) is 2. The topological polar surface area (TPSA) is 18.5 Å². The van der Waals surface area contributed by atoms with Crippen LogP contribution in [-0.4, -0.2) is 12.9 Å². The van der Waals surface area contributed by atoms with Crippen LogP contribution in [-0.2, 0) is 4.74 Å². The van der Waals surface area contributed by atoms with E-state index in [4.69, 9.17) is 9.47 Å². The Bertz CT molecular complexity index is 720. The van der Waals surface area contributed by atoms with E-state index in [0.717, 1.165) is 24.8 Å². The number of aryl methyl sites for hydroxylation is 1. The molecule has 0 aromatic heterocycles. The molecule has 2 aromatic carbocycles. The van der Waals surface area contributed by atoms with E-state index in [1.807, 2.05) is 31.2 Å². The molecule has 2 nitrogen and oxygen atoms in total. The zero-order chi connectivity index (χ0) is 16.1. The fraction of sp³-hybridized carbons (Fsp3) is 0.300. The van der Waals surface area contributed by atoms with E-state index in [1.165, 1.54) is 11.6 Å². The smallest absolute Gasteiger partial charge is 0.199 e. The molecule has 3 rings (SSSR count). The molecule has 3 heteroatoms. The summed E-state index contributed by atoms with van der Waals surface area (Å²) in [6.07, 6.45) is 2.54. The van der Waals surface area contributed by atoms with Crippen molar-refractivity contribution in [3.8, 4) is 17.6 Å². The van der Waals surface area contributed by atoms with Gasteiger partial charge in [0.1, 0.15) is 0 Å². The minimum Gasteiger partial charge on any atom is -0.462 e. The summed E-state index contributed by atoms with van der Waals surface area (Å²) in [5.74, 6) is 5.82. The molecule has 1 atom stereocenters. The van der Waals surface area contributed by atoms with Crippen molar-refractivity contribution < 1.29 is 13.9 Å². The first-order chi connectivity index (χ1) is 11.2. The fourth-order valence-corrected chi connectivity index (χ4v) is 2.40.